The predicted molar refractivity (Wildman–Crippen MR) is 65.0 cm³/mol. The predicted octanol–water partition coefficient (Wildman–Crippen LogP) is 0.101. The van der Waals surface area contributed by atoms with Crippen LogP contribution in [0.1, 0.15) is 12.0 Å². The Morgan fingerprint density at radius 3 is 2.75 bits per heavy atom. The maximum absolute atomic E-state index is 8.73. The van der Waals surface area contributed by atoms with Crippen LogP contribution >= 0.6 is 0 Å². The zero-order chi connectivity index (χ0) is 12.0. The number of hydrogen-bond acceptors (Lipinski definition) is 5. The molecule has 6 N–H and O–H groups in total. The van der Waals surface area contributed by atoms with Gasteiger partial charge < -0.3 is 26.6 Å². The van der Waals surface area contributed by atoms with E-state index in [2.05, 4.69) is 10.6 Å². The molecule has 0 aromatic heterocycles. The van der Waals surface area contributed by atoms with Gasteiger partial charge in [0.1, 0.15) is 0 Å². The van der Waals surface area contributed by atoms with Crippen molar-refractivity contribution >= 4 is 11.4 Å². The number of aliphatic hydroxyl groups is 2. The Morgan fingerprint density at radius 1 is 1.38 bits per heavy atom. The Labute approximate surface area is 95.3 Å². The van der Waals surface area contributed by atoms with Gasteiger partial charge in [0.2, 0.25) is 0 Å². The Balaban J connectivity index is 2.63. The molecule has 0 aliphatic heterocycles. The van der Waals surface area contributed by atoms with Crippen molar-refractivity contribution in [2.45, 2.75) is 19.3 Å². The number of hydrogen-bond donors (Lipinski definition) is 5. The SMILES string of the molecule is CNCc1cc(N)ccc1NCCC(O)O. The van der Waals surface area contributed by atoms with Crippen LogP contribution in [0.3, 0.4) is 0 Å². The molecule has 0 spiro atoms. The minimum Gasteiger partial charge on any atom is -0.399 e. The second-order valence-corrected chi connectivity index (χ2v) is 3.64. The summed E-state index contributed by atoms with van der Waals surface area (Å²) in [5, 5.41) is 23.7. The molecule has 0 amide bonds. The summed E-state index contributed by atoms with van der Waals surface area (Å²) < 4.78 is 0. The molecule has 16 heavy (non-hydrogen) atoms. The number of anilines is 2. The molecule has 5 nitrogen and oxygen atoms in total. The highest BCUT2D eigenvalue weighted by Crippen LogP contribution is 2.18. The van der Waals surface area contributed by atoms with Gasteiger partial charge in [0.05, 0.1) is 0 Å². The molecule has 1 aromatic rings. The number of rotatable bonds is 6. The van der Waals surface area contributed by atoms with Crippen LogP contribution in [0, 0.1) is 0 Å². The lowest BCUT2D eigenvalue weighted by atomic mass is 10.1. The molecule has 0 fully saturated rings. The molecule has 1 aromatic carbocycles. The highest BCUT2D eigenvalue weighted by Gasteiger charge is 2.03. The molecule has 0 aliphatic rings. The third-order valence-corrected chi connectivity index (χ3v) is 2.21. The number of benzene rings is 1. The van der Waals surface area contributed by atoms with E-state index in [-0.39, 0.29) is 0 Å². The first-order chi connectivity index (χ1) is 7.63. The van der Waals surface area contributed by atoms with Crippen LogP contribution < -0.4 is 16.4 Å². The van der Waals surface area contributed by atoms with Gasteiger partial charge in [-0.25, -0.2) is 0 Å². The van der Waals surface area contributed by atoms with E-state index in [4.69, 9.17) is 15.9 Å². The van der Waals surface area contributed by atoms with Crippen LogP contribution in [0.2, 0.25) is 0 Å². The molecule has 0 atom stereocenters. The monoisotopic (exact) mass is 225 g/mol. The van der Waals surface area contributed by atoms with Crippen molar-refractivity contribution in [1.29, 1.82) is 0 Å². The van der Waals surface area contributed by atoms with E-state index >= 15 is 0 Å². The second kappa shape index (κ2) is 6.32. The van der Waals surface area contributed by atoms with Crippen molar-refractivity contribution in [3.8, 4) is 0 Å². The Hall–Kier alpha value is -1.30. The van der Waals surface area contributed by atoms with Crippen molar-refractivity contribution in [3.05, 3.63) is 23.8 Å². The van der Waals surface area contributed by atoms with E-state index in [1.807, 2.05) is 25.2 Å². The van der Waals surface area contributed by atoms with Gasteiger partial charge in [0.25, 0.3) is 0 Å². The number of nitrogens with two attached hydrogens (primary N) is 1. The fourth-order valence-electron chi connectivity index (χ4n) is 1.46. The molecule has 0 radical (unpaired) electrons. The molecule has 5 heteroatoms. The van der Waals surface area contributed by atoms with Gasteiger partial charge in [-0.05, 0) is 30.8 Å². The summed E-state index contributed by atoms with van der Waals surface area (Å²) in [6.45, 7) is 1.23. The topological polar surface area (TPSA) is 90.5 Å². The third kappa shape index (κ3) is 4.06. The number of aliphatic hydroxyl groups excluding tert-OH is 1. The van der Waals surface area contributed by atoms with Gasteiger partial charge in [-0.1, -0.05) is 0 Å². The molecular formula is C11H19N3O2. The average Bonchev–Trinajstić information content (AvgIpc) is 2.21. The van der Waals surface area contributed by atoms with E-state index in [0.29, 0.717) is 13.0 Å². The fourth-order valence-corrected chi connectivity index (χ4v) is 1.46. The zero-order valence-corrected chi connectivity index (χ0v) is 9.40. The van der Waals surface area contributed by atoms with Crippen molar-refractivity contribution in [2.75, 3.05) is 24.6 Å². The summed E-state index contributed by atoms with van der Waals surface area (Å²) in [6.07, 6.45) is -0.974. The first kappa shape index (κ1) is 12.8. The fraction of sp³-hybridized carbons (Fsp3) is 0.455. The van der Waals surface area contributed by atoms with Gasteiger partial charge in [0.15, 0.2) is 6.29 Å². The van der Waals surface area contributed by atoms with Crippen molar-refractivity contribution in [2.24, 2.45) is 0 Å². The van der Waals surface area contributed by atoms with Crippen LogP contribution in [-0.2, 0) is 6.54 Å². The van der Waals surface area contributed by atoms with Crippen LogP contribution in [0.5, 0.6) is 0 Å². The average molecular weight is 225 g/mol. The summed E-state index contributed by atoms with van der Waals surface area (Å²) >= 11 is 0. The van der Waals surface area contributed by atoms with E-state index in [9.17, 15) is 0 Å². The first-order valence-corrected chi connectivity index (χ1v) is 5.26. The van der Waals surface area contributed by atoms with Crippen LogP contribution in [0.25, 0.3) is 0 Å². The lowest BCUT2D eigenvalue weighted by molar-refractivity contribution is -0.0423. The normalized spacial score (nSPS) is 10.8. The van der Waals surface area contributed by atoms with Crippen molar-refractivity contribution < 1.29 is 10.2 Å². The quantitative estimate of drug-likeness (QED) is 0.350. The molecule has 0 aliphatic carbocycles. The maximum Gasteiger partial charge on any atom is 0.153 e. The van der Waals surface area contributed by atoms with Crippen molar-refractivity contribution in [3.63, 3.8) is 0 Å². The van der Waals surface area contributed by atoms with Gasteiger partial charge in [0, 0.05) is 30.9 Å². The first-order valence-electron chi connectivity index (χ1n) is 5.26. The van der Waals surface area contributed by atoms with Gasteiger partial charge >= 0.3 is 0 Å². The smallest absolute Gasteiger partial charge is 0.153 e. The van der Waals surface area contributed by atoms with Crippen LogP contribution in [0.15, 0.2) is 18.2 Å². The molecule has 0 unspecified atom stereocenters. The highest BCUT2D eigenvalue weighted by molar-refractivity contribution is 5.58. The van der Waals surface area contributed by atoms with Crippen molar-refractivity contribution in [1.82, 2.24) is 5.32 Å². The standard InChI is InChI=1S/C11H19N3O2/c1-13-7-8-6-9(12)2-3-10(8)14-5-4-11(15)16/h2-3,6,11,13-16H,4-5,7,12H2,1H3. The molecule has 0 saturated carbocycles. The summed E-state index contributed by atoms with van der Waals surface area (Å²) in [6, 6.07) is 5.61. The molecule has 0 saturated heterocycles. The van der Waals surface area contributed by atoms with Gasteiger partial charge in [-0.3, -0.25) is 0 Å². The maximum atomic E-state index is 8.73. The van der Waals surface area contributed by atoms with E-state index in [1.165, 1.54) is 0 Å². The zero-order valence-electron chi connectivity index (χ0n) is 9.40. The lowest BCUT2D eigenvalue weighted by Gasteiger charge is -2.13. The number of nitrogen functional groups attached to an aromatic ring is 1. The number of nitrogens with one attached hydrogen (secondary N) is 2. The molecule has 0 bridgehead atoms. The minimum absolute atomic E-state index is 0.295. The highest BCUT2D eigenvalue weighted by atomic mass is 16.5. The van der Waals surface area contributed by atoms with Gasteiger partial charge in [-0.15, -0.1) is 0 Å². The third-order valence-electron chi connectivity index (χ3n) is 2.21. The molecule has 90 valence electrons. The Kier molecular flexibility index (Phi) is 5.04. The van der Waals surface area contributed by atoms with Gasteiger partial charge in [-0.2, -0.15) is 0 Å². The second-order valence-electron chi connectivity index (χ2n) is 3.64. The largest absolute Gasteiger partial charge is 0.399 e. The summed E-state index contributed by atoms with van der Waals surface area (Å²) in [5.74, 6) is 0. The summed E-state index contributed by atoms with van der Waals surface area (Å²) in [7, 11) is 1.87. The summed E-state index contributed by atoms with van der Waals surface area (Å²) in [4.78, 5) is 0. The molecular weight excluding hydrogens is 206 g/mol. The van der Waals surface area contributed by atoms with E-state index in [0.717, 1.165) is 23.5 Å². The summed E-state index contributed by atoms with van der Waals surface area (Å²) in [5.41, 5.74) is 8.45. The molecule has 0 heterocycles. The Morgan fingerprint density at radius 2 is 2.12 bits per heavy atom. The van der Waals surface area contributed by atoms with Crippen LogP contribution in [-0.4, -0.2) is 30.1 Å². The lowest BCUT2D eigenvalue weighted by Crippen LogP contribution is -2.14. The van der Waals surface area contributed by atoms with Crippen LogP contribution in [0.4, 0.5) is 11.4 Å². The Bertz CT molecular complexity index is 329. The molecule has 1 rings (SSSR count). The minimum atomic E-state index is -1.27. The van der Waals surface area contributed by atoms with E-state index < -0.39 is 6.29 Å². The van der Waals surface area contributed by atoms with E-state index in [1.54, 1.807) is 0 Å².